The van der Waals surface area contributed by atoms with Gasteiger partial charge >= 0.3 is 14.3 Å². The summed E-state index contributed by atoms with van der Waals surface area (Å²) in [5.41, 5.74) is 4.54. The highest BCUT2D eigenvalue weighted by Gasteiger charge is 1.93. The second kappa shape index (κ2) is 7.29. The average molecular weight is 155 g/mol. The SMILES string of the molecule is CNC(N)=O.O=[P+](O)O. The van der Waals surface area contributed by atoms with Crippen LogP contribution in [0.2, 0.25) is 0 Å². The highest BCUT2D eigenvalue weighted by atomic mass is 31.1. The Hall–Kier alpha value is -0.710. The number of rotatable bonds is 0. The van der Waals surface area contributed by atoms with Crippen molar-refractivity contribution in [2.24, 2.45) is 5.73 Å². The molecular weight excluding hydrogens is 147 g/mol. The fraction of sp³-hybridized carbons (Fsp3) is 0.500. The Bertz CT molecular complexity index is 101. The van der Waals surface area contributed by atoms with Crippen molar-refractivity contribution in [3.05, 3.63) is 0 Å². The van der Waals surface area contributed by atoms with E-state index in [1.807, 2.05) is 0 Å². The first kappa shape index (κ1) is 11.1. The summed E-state index contributed by atoms with van der Waals surface area (Å²) < 4.78 is 8.70. The minimum absolute atomic E-state index is 0.495. The number of carbonyl (C=O) groups excluding carboxylic acids is 1. The molecule has 54 valence electrons. The van der Waals surface area contributed by atoms with Crippen molar-refractivity contribution >= 4 is 14.3 Å². The van der Waals surface area contributed by atoms with E-state index in [2.05, 4.69) is 11.1 Å². The lowest BCUT2D eigenvalue weighted by Gasteiger charge is -1.80. The fourth-order valence-electron chi connectivity index (χ4n) is 0. The molecule has 0 saturated carbocycles. The van der Waals surface area contributed by atoms with Gasteiger partial charge in [0, 0.05) is 11.6 Å². The monoisotopic (exact) mass is 155 g/mol. The van der Waals surface area contributed by atoms with Crippen LogP contribution in [0.15, 0.2) is 0 Å². The summed E-state index contributed by atoms with van der Waals surface area (Å²) in [5.74, 6) is 0. The second-order valence-electron chi connectivity index (χ2n) is 0.867. The summed E-state index contributed by atoms with van der Waals surface area (Å²) >= 11 is 0. The molecule has 0 aromatic carbocycles. The van der Waals surface area contributed by atoms with Crippen LogP contribution < -0.4 is 11.1 Å². The summed E-state index contributed by atoms with van der Waals surface area (Å²) in [6, 6.07) is -0.495. The Morgan fingerprint density at radius 2 is 1.78 bits per heavy atom. The molecule has 7 heteroatoms. The molecule has 0 aliphatic heterocycles. The Morgan fingerprint density at radius 1 is 1.67 bits per heavy atom. The van der Waals surface area contributed by atoms with Crippen molar-refractivity contribution in [3.63, 3.8) is 0 Å². The van der Waals surface area contributed by atoms with E-state index in [4.69, 9.17) is 14.4 Å². The molecule has 0 aromatic heterocycles. The molecule has 0 atom stereocenters. The van der Waals surface area contributed by atoms with Gasteiger partial charge in [-0.25, -0.2) is 4.79 Å². The van der Waals surface area contributed by atoms with Crippen molar-refractivity contribution in [2.75, 3.05) is 7.05 Å². The third-order valence-corrected chi connectivity index (χ3v) is 0.246. The first-order chi connectivity index (χ1) is 4.00. The lowest BCUT2D eigenvalue weighted by molar-refractivity contribution is 0.251. The molecule has 6 nitrogen and oxygen atoms in total. The highest BCUT2D eigenvalue weighted by Crippen LogP contribution is 1.98. The molecule has 0 heterocycles. The van der Waals surface area contributed by atoms with Gasteiger partial charge in [0.1, 0.15) is 0 Å². The van der Waals surface area contributed by atoms with E-state index in [0.29, 0.717) is 0 Å². The molecule has 0 spiro atoms. The summed E-state index contributed by atoms with van der Waals surface area (Å²) in [6.45, 7) is 0. The van der Waals surface area contributed by atoms with Gasteiger partial charge in [-0.15, -0.1) is 9.79 Å². The summed E-state index contributed by atoms with van der Waals surface area (Å²) in [7, 11) is -1.40. The number of nitrogens with two attached hydrogens (primary N) is 1. The van der Waals surface area contributed by atoms with E-state index in [1.165, 1.54) is 7.05 Å². The van der Waals surface area contributed by atoms with Crippen LogP contribution in [0.25, 0.3) is 0 Å². The normalized spacial score (nSPS) is 6.56. The number of urea groups is 1. The molecule has 5 N–H and O–H groups in total. The lowest BCUT2D eigenvalue weighted by Crippen LogP contribution is -2.24. The van der Waals surface area contributed by atoms with Crippen LogP contribution in [0.5, 0.6) is 0 Å². The summed E-state index contributed by atoms with van der Waals surface area (Å²) in [5, 5.41) is 2.17. The second-order valence-corrected chi connectivity index (χ2v) is 1.37. The smallest absolute Gasteiger partial charge is 0.352 e. The number of nitrogens with one attached hydrogen (secondary N) is 1. The standard InChI is InChI=1S/C2H6N2O.HO3P/c1-4-2(3)5;1-4(2)3/h1H3,(H3,3,4,5);(H-,1,2,3)/p+1. The summed E-state index contributed by atoms with van der Waals surface area (Å²) in [6.07, 6.45) is 0. The van der Waals surface area contributed by atoms with Crippen LogP contribution >= 0.6 is 8.25 Å². The van der Waals surface area contributed by atoms with E-state index in [9.17, 15) is 4.79 Å². The zero-order chi connectivity index (χ0) is 7.86. The topological polar surface area (TPSA) is 113 Å². The minimum Gasteiger partial charge on any atom is -0.352 e. The van der Waals surface area contributed by atoms with Crippen molar-refractivity contribution in [2.45, 2.75) is 0 Å². The Balaban J connectivity index is 0. The van der Waals surface area contributed by atoms with Crippen LogP contribution in [-0.4, -0.2) is 22.9 Å². The van der Waals surface area contributed by atoms with Crippen LogP contribution in [0.3, 0.4) is 0 Å². The molecule has 0 saturated heterocycles. The fourth-order valence-corrected chi connectivity index (χ4v) is 0. The number of carbonyl (C=O) groups is 1. The highest BCUT2D eigenvalue weighted by molar-refractivity contribution is 7.30. The van der Waals surface area contributed by atoms with Crippen molar-refractivity contribution in [1.82, 2.24) is 5.32 Å². The molecule has 0 unspecified atom stereocenters. The van der Waals surface area contributed by atoms with Crippen LogP contribution in [0.4, 0.5) is 4.79 Å². The van der Waals surface area contributed by atoms with E-state index in [0.717, 1.165) is 0 Å². The average Bonchev–Trinajstić information content (AvgIpc) is 1.65. The van der Waals surface area contributed by atoms with Gasteiger partial charge in [0.15, 0.2) is 0 Å². The lowest BCUT2D eigenvalue weighted by atomic mass is 11.1. The third kappa shape index (κ3) is 123. The minimum atomic E-state index is -2.87. The third-order valence-electron chi connectivity index (χ3n) is 0.246. The molecule has 0 aliphatic rings. The Morgan fingerprint density at radius 3 is 1.78 bits per heavy atom. The maximum atomic E-state index is 9.48. The Labute approximate surface area is 52.6 Å². The van der Waals surface area contributed by atoms with Crippen LogP contribution in [0, 0.1) is 0 Å². The van der Waals surface area contributed by atoms with Gasteiger partial charge in [0.2, 0.25) is 0 Å². The van der Waals surface area contributed by atoms with Crippen molar-refractivity contribution < 1.29 is 19.1 Å². The van der Waals surface area contributed by atoms with Crippen molar-refractivity contribution in [3.8, 4) is 0 Å². The van der Waals surface area contributed by atoms with Gasteiger partial charge in [0.05, 0.1) is 0 Å². The van der Waals surface area contributed by atoms with Gasteiger partial charge in [-0.05, 0) is 0 Å². The number of hydrogen-bond donors (Lipinski definition) is 4. The predicted octanol–water partition coefficient (Wildman–Crippen LogP) is -1.09. The molecular formula is C2H8N2O4P+. The maximum Gasteiger partial charge on any atom is 0.692 e. The zero-order valence-corrected chi connectivity index (χ0v) is 5.63. The van der Waals surface area contributed by atoms with Gasteiger partial charge in [-0.2, -0.15) is 0 Å². The molecule has 0 bridgehead atoms. The number of amides is 2. The largest absolute Gasteiger partial charge is 0.692 e. The maximum absolute atomic E-state index is 9.48. The quantitative estimate of drug-likeness (QED) is 0.333. The molecule has 0 fully saturated rings. The Kier molecular flexibility index (Phi) is 9.02. The van der Waals surface area contributed by atoms with Gasteiger partial charge < -0.3 is 11.1 Å². The molecule has 2 amide bonds. The van der Waals surface area contributed by atoms with Gasteiger partial charge in [-0.1, -0.05) is 0 Å². The number of hydrogen-bond acceptors (Lipinski definition) is 2. The first-order valence-corrected chi connectivity index (χ1v) is 2.99. The van der Waals surface area contributed by atoms with Gasteiger partial charge in [-0.3, -0.25) is 0 Å². The van der Waals surface area contributed by atoms with Crippen LogP contribution in [0.1, 0.15) is 0 Å². The molecule has 0 aromatic rings. The predicted molar refractivity (Wildman–Crippen MR) is 30.7 cm³/mol. The van der Waals surface area contributed by atoms with Crippen LogP contribution in [-0.2, 0) is 4.57 Å². The molecule has 0 rings (SSSR count). The van der Waals surface area contributed by atoms with E-state index in [-0.39, 0.29) is 0 Å². The molecule has 0 aliphatic carbocycles. The number of primary amides is 1. The zero-order valence-electron chi connectivity index (χ0n) is 4.74. The van der Waals surface area contributed by atoms with E-state index >= 15 is 0 Å². The van der Waals surface area contributed by atoms with E-state index < -0.39 is 14.3 Å². The van der Waals surface area contributed by atoms with Crippen molar-refractivity contribution in [1.29, 1.82) is 0 Å². The molecule has 0 radical (unpaired) electrons. The molecule has 9 heavy (non-hydrogen) atoms. The summed E-state index contributed by atoms with van der Waals surface area (Å²) in [4.78, 5) is 23.7. The van der Waals surface area contributed by atoms with Gasteiger partial charge in [0.25, 0.3) is 0 Å². The first-order valence-electron chi connectivity index (χ1n) is 1.83. The van der Waals surface area contributed by atoms with E-state index in [1.54, 1.807) is 0 Å².